The minimum atomic E-state index is -0.298. The van der Waals surface area contributed by atoms with Crippen molar-refractivity contribution in [1.82, 2.24) is 25.7 Å². The molecule has 2 atom stereocenters. The molecule has 0 aromatic carbocycles. The lowest BCUT2D eigenvalue weighted by molar-refractivity contribution is -0.125. The van der Waals surface area contributed by atoms with Gasteiger partial charge >= 0.3 is 0 Å². The molecule has 8 heteroatoms. The molecule has 0 aliphatic carbocycles. The number of H-pyrrole nitrogens is 1. The number of nitrogens with zero attached hydrogens (tertiary/aromatic N) is 2. The average molecular weight is 368 g/mol. The minimum Gasteiger partial charge on any atom is -0.355 e. The summed E-state index contributed by atoms with van der Waals surface area (Å²) < 4.78 is 0. The van der Waals surface area contributed by atoms with Crippen molar-refractivity contribution >= 4 is 23.4 Å². The molecule has 2 rings (SSSR count). The molecule has 0 saturated carbocycles. The number of rotatable bonds is 7. The zero-order valence-electron chi connectivity index (χ0n) is 14.9. The van der Waals surface area contributed by atoms with E-state index in [-0.39, 0.29) is 34.6 Å². The van der Waals surface area contributed by atoms with E-state index >= 15 is 0 Å². The van der Waals surface area contributed by atoms with Gasteiger partial charge in [0, 0.05) is 25.7 Å². The van der Waals surface area contributed by atoms with Crippen LogP contribution in [0.5, 0.6) is 0 Å². The topological polar surface area (TPSA) is 90.1 Å². The van der Waals surface area contributed by atoms with Gasteiger partial charge in [0.05, 0.1) is 17.3 Å². The molecule has 1 aromatic rings. The number of halogens is 1. The van der Waals surface area contributed by atoms with Crippen LogP contribution in [0.1, 0.15) is 44.1 Å². The molecule has 3 N–H and O–H groups in total. The molecule has 1 aliphatic heterocycles. The van der Waals surface area contributed by atoms with E-state index in [9.17, 15) is 9.59 Å². The highest BCUT2D eigenvalue weighted by Crippen LogP contribution is 2.20. The van der Waals surface area contributed by atoms with Crippen LogP contribution in [-0.4, -0.2) is 58.6 Å². The lowest BCUT2D eigenvalue weighted by atomic mass is 10.1. The normalized spacial score (nSPS) is 20.3. The van der Waals surface area contributed by atoms with Crippen molar-refractivity contribution in [3.8, 4) is 0 Å². The second-order valence-electron chi connectivity index (χ2n) is 6.47. The molecule has 0 spiro atoms. The molecule has 0 radical (unpaired) electrons. The number of amides is 2. The van der Waals surface area contributed by atoms with Gasteiger partial charge in [-0.25, -0.2) is 0 Å². The van der Waals surface area contributed by atoms with Crippen LogP contribution in [-0.2, 0) is 4.79 Å². The predicted molar refractivity (Wildman–Crippen MR) is 97.6 cm³/mol. The number of nitrogens with one attached hydrogen (secondary N) is 3. The Labute approximate surface area is 153 Å². The molecular formula is C17H26ClN5O2. The summed E-state index contributed by atoms with van der Waals surface area (Å²) in [4.78, 5) is 26.8. The van der Waals surface area contributed by atoms with Crippen molar-refractivity contribution in [2.75, 3.05) is 19.6 Å². The van der Waals surface area contributed by atoms with E-state index in [0.29, 0.717) is 19.5 Å². The number of carbonyl (C=O) groups excluding carboxylic acids is 2. The van der Waals surface area contributed by atoms with Crippen molar-refractivity contribution < 1.29 is 9.59 Å². The largest absolute Gasteiger partial charge is 0.355 e. The number of hydrogen-bond donors (Lipinski definition) is 3. The van der Waals surface area contributed by atoms with E-state index in [2.05, 4.69) is 45.7 Å². The standard InChI is InChI=1S/C17H26ClN5O2/c1-4-19-16(24)14-8-12(10-23(14)7-5-6-11(2)3)21-17(25)15-13(18)9-20-22-15/h6,9,12,14H,4-5,7-8,10H2,1-3H3,(H,19,24)(H,20,22)(H,21,25)/t12-,14-/m0/s1. The molecule has 2 amide bonds. The van der Waals surface area contributed by atoms with Crippen LogP contribution in [0, 0.1) is 0 Å². The van der Waals surface area contributed by atoms with Crippen LogP contribution in [0.25, 0.3) is 0 Å². The molecular weight excluding hydrogens is 342 g/mol. The van der Waals surface area contributed by atoms with Crippen molar-refractivity contribution in [3.05, 3.63) is 28.6 Å². The van der Waals surface area contributed by atoms with Crippen LogP contribution in [0.2, 0.25) is 5.02 Å². The highest BCUT2D eigenvalue weighted by molar-refractivity contribution is 6.33. The van der Waals surface area contributed by atoms with E-state index < -0.39 is 0 Å². The van der Waals surface area contributed by atoms with Gasteiger partial charge in [-0.3, -0.25) is 19.6 Å². The second kappa shape index (κ2) is 9.01. The fourth-order valence-electron chi connectivity index (χ4n) is 3.03. The zero-order valence-corrected chi connectivity index (χ0v) is 15.7. The van der Waals surface area contributed by atoms with Gasteiger partial charge in [-0.1, -0.05) is 23.3 Å². The van der Waals surface area contributed by atoms with Crippen LogP contribution >= 0.6 is 11.6 Å². The van der Waals surface area contributed by atoms with Crippen molar-refractivity contribution in [1.29, 1.82) is 0 Å². The third-order valence-electron chi connectivity index (χ3n) is 4.18. The SMILES string of the molecule is CCNC(=O)[C@@H]1C[C@H](NC(=O)c2[nH]ncc2Cl)CN1CCC=C(C)C. The number of hydrogen-bond acceptors (Lipinski definition) is 4. The number of aromatic nitrogens is 2. The summed E-state index contributed by atoms with van der Waals surface area (Å²) in [6, 6.07) is -0.334. The lowest BCUT2D eigenvalue weighted by Gasteiger charge is -2.22. The smallest absolute Gasteiger partial charge is 0.271 e. The fraction of sp³-hybridized carbons (Fsp3) is 0.588. The van der Waals surface area contributed by atoms with E-state index in [0.717, 1.165) is 13.0 Å². The van der Waals surface area contributed by atoms with Gasteiger partial charge in [0.2, 0.25) is 5.91 Å². The van der Waals surface area contributed by atoms with Crippen LogP contribution in [0.4, 0.5) is 0 Å². The minimum absolute atomic E-state index is 0.0102. The molecule has 138 valence electrons. The van der Waals surface area contributed by atoms with E-state index in [4.69, 9.17) is 11.6 Å². The Bertz CT molecular complexity index is 639. The monoisotopic (exact) mass is 367 g/mol. The van der Waals surface area contributed by atoms with Gasteiger partial charge in [-0.15, -0.1) is 0 Å². The summed E-state index contributed by atoms with van der Waals surface area (Å²) in [5, 5.41) is 12.5. The summed E-state index contributed by atoms with van der Waals surface area (Å²) in [6.07, 6.45) is 5.02. The molecule has 2 heterocycles. The summed E-state index contributed by atoms with van der Waals surface area (Å²) in [5.74, 6) is -0.288. The molecule has 1 aliphatic rings. The molecule has 1 aromatic heterocycles. The molecule has 1 fully saturated rings. The van der Waals surface area contributed by atoms with Crippen molar-refractivity contribution in [2.24, 2.45) is 0 Å². The molecule has 25 heavy (non-hydrogen) atoms. The zero-order chi connectivity index (χ0) is 18.4. The Morgan fingerprint density at radius 2 is 2.24 bits per heavy atom. The maximum absolute atomic E-state index is 12.3. The molecule has 1 saturated heterocycles. The Kier molecular flexibility index (Phi) is 7.01. The Morgan fingerprint density at radius 3 is 2.84 bits per heavy atom. The first kappa shape index (κ1) is 19.5. The highest BCUT2D eigenvalue weighted by Gasteiger charge is 2.37. The number of likely N-dealkylation sites (N-methyl/N-ethyl adjacent to an activating group) is 1. The number of likely N-dealkylation sites (tertiary alicyclic amines) is 1. The van der Waals surface area contributed by atoms with E-state index in [1.165, 1.54) is 11.8 Å². The van der Waals surface area contributed by atoms with Gasteiger partial charge in [0.1, 0.15) is 5.69 Å². The summed E-state index contributed by atoms with van der Waals surface area (Å²) in [6.45, 7) is 8.03. The van der Waals surface area contributed by atoms with Gasteiger partial charge in [0.25, 0.3) is 5.91 Å². The molecule has 0 bridgehead atoms. The first-order valence-corrected chi connectivity index (χ1v) is 8.95. The summed E-state index contributed by atoms with van der Waals surface area (Å²) >= 11 is 5.93. The number of carbonyl (C=O) groups is 2. The first-order valence-electron chi connectivity index (χ1n) is 8.57. The Morgan fingerprint density at radius 1 is 1.48 bits per heavy atom. The summed E-state index contributed by atoms with van der Waals surface area (Å²) in [5.41, 5.74) is 1.51. The third kappa shape index (κ3) is 5.31. The first-order chi connectivity index (χ1) is 11.9. The maximum Gasteiger partial charge on any atom is 0.271 e. The second-order valence-corrected chi connectivity index (χ2v) is 6.88. The third-order valence-corrected chi connectivity index (χ3v) is 4.47. The van der Waals surface area contributed by atoms with Gasteiger partial charge in [-0.2, -0.15) is 5.10 Å². The van der Waals surface area contributed by atoms with Gasteiger partial charge < -0.3 is 10.6 Å². The maximum atomic E-state index is 12.3. The van der Waals surface area contributed by atoms with Gasteiger partial charge in [0.15, 0.2) is 0 Å². The Hall–Kier alpha value is -1.86. The summed E-state index contributed by atoms with van der Waals surface area (Å²) in [7, 11) is 0. The number of allylic oxidation sites excluding steroid dienone is 1. The van der Waals surface area contributed by atoms with Gasteiger partial charge in [-0.05, 0) is 33.6 Å². The van der Waals surface area contributed by atoms with Crippen LogP contribution < -0.4 is 10.6 Å². The van der Waals surface area contributed by atoms with E-state index in [1.807, 2.05) is 6.92 Å². The van der Waals surface area contributed by atoms with E-state index in [1.54, 1.807) is 0 Å². The fourth-order valence-corrected chi connectivity index (χ4v) is 3.20. The van der Waals surface area contributed by atoms with Crippen molar-refractivity contribution in [2.45, 2.75) is 45.7 Å². The quantitative estimate of drug-likeness (QED) is 0.640. The van der Waals surface area contributed by atoms with Crippen LogP contribution in [0.3, 0.4) is 0 Å². The Balaban J connectivity index is 2.01. The van der Waals surface area contributed by atoms with Crippen molar-refractivity contribution in [3.63, 3.8) is 0 Å². The highest BCUT2D eigenvalue weighted by atomic mass is 35.5. The van der Waals surface area contributed by atoms with Crippen LogP contribution in [0.15, 0.2) is 17.8 Å². The molecule has 0 unspecified atom stereocenters. The molecule has 7 nitrogen and oxygen atoms in total. The lowest BCUT2D eigenvalue weighted by Crippen LogP contribution is -2.43. The average Bonchev–Trinajstić information content (AvgIpc) is 3.13. The predicted octanol–water partition coefficient (Wildman–Crippen LogP) is 1.73. The number of aromatic amines is 1.